The van der Waals surface area contributed by atoms with Crippen LogP contribution in [0.5, 0.6) is 0 Å². The maximum absolute atomic E-state index is 11.4. The first-order valence-electron chi connectivity index (χ1n) is 4.17. The summed E-state index contributed by atoms with van der Waals surface area (Å²) in [4.78, 5) is 33.5. The molecule has 2 aliphatic rings. The van der Waals surface area contributed by atoms with Gasteiger partial charge in [-0.1, -0.05) is 12.7 Å². The molecule has 1 aliphatic carbocycles. The third-order valence-electron chi connectivity index (χ3n) is 2.50. The average Bonchev–Trinajstić information content (AvgIpc) is 2.85. The molecule has 1 heterocycles. The molecule has 74 valence electrons. The van der Waals surface area contributed by atoms with Crippen LogP contribution >= 0.6 is 0 Å². The van der Waals surface area contributed by atoms with Crippen LogP contribution in [0.4, 0.5) is 0 Å². The number of rotatable bonds is 3. The lowest BCUT2D eigenvalue weighted by Crippen LogP contribution is -2.27. The Morgan fingerprint density at radius 3 is 2.86 bits per heavy atom. The Hall–Kier alpha value is -1.65. The second-order valence-electron chi connectivity index (χ2n) is 3.32. The van der Waals surface area contributed by atoms with Gasteiger partial charge >= 0.3 is 17.9 Å². The molecule has 2 atom stereocenters. The van der Waals surface area contributed by atoms with Gasteiger partial charge in [0.05, 0.1) is 5.92 Å². The highest BCUT2D eigenvalue weighted by Crippen LogP contribution is 2.59. The minimum absolute atomic E-state index is 0.0365. The van der Waals surface area contributed by atoms with E-state index in [2.05, 4.69) is 11.3 Å². The Morgan fingerprint density at radius 2 is 2.43 bits per heavy atom. The molecular weight excluding hydrogens is 188 g/mol. The van der Waals surface area contributed by atoms with Crippen molar-refractivity contribution >= 4 is 17.9 Å². The molecule has 1 saturated heterocycles. The van der Waals surface area contributed by atoms with E-state index in [1.54, 1.807) is 0 Å². The van der Waals surface area contributed by atoms with Crippen molar-refractivity contribution < 1.29 is 23.9 Å². The Kier molecular flexibility index (Phi) is 1.70. The van der Waals surface area contributed by atoms with Crippen LogP contribution in [0, 0.1) is 11.3 Å². The van der Waals surface area contributed by atoms with Gasteiger partial charge in [0, 0.05) is 0 Å². The number of carbonyl (C=O) groups excluding carboxylic acids is 3. The van der Waals surface area contributed by atoms with Crippen LogP contribution in [0.1, 0.15) is 6.42 Å². The molecule has 5 nitrogen and oxygen atoms in total. The number of fused-ring (bicyclic) bond motifs is 1. The fourth-order valence-electron chi connectivity index (χ4n) is 1.60. The molecule has 0 unspecified atom stereocenters. The quantitative estimate of drug-likeness (QED) is 0.355. The summed E-state index contributed by atoms with van der Waals surface area (Å²) in [5, 5.41) is 0. The minimum atomic E-state index is -1.32. The molecule has 0 bridgehead atoms. The van der Waals surface area contributed by atoms with Gasteiger partial charge in [-0.3, -0.25) is 14.4 Å². The van der Waals surface area contributed by atoms with E-state index in [0.717, 1.165) is 0 Å². The molecule has 2 rings (SSSR count). The normalized spacial score (nSPS) is 33.3. The largest absolute Gasteiger partial charge is 0.461 e. The monoisotopic (exact) mass is 196 g/mol. The number of esters is 3. The zero-order chi connectivity index (χ0) is 10.3. The number of ether oxygens (including phenoxy) is 2. The fraction of sp³-hybridized carbons (Fsp3) is 0.444. The molecule has 0 radical (unpaired) electrons. The first kappa shape index (κ1) is 8.93. The Bertz CT molecular complexity index is 345. The standard InChI is InChI=1S/C9H8O5/c1-2-3-13-7(11)9-4-5(9)6(10)14-8(9)12/h2,5H,1,3-4H2/t5-,9+/m1/s1. The van der Waals surface area contributed by atoms with Crippen molar-refractivity contribution in [1.82, 2.24) is 0 Å². The van der Waals surface area contributed by atoms with Crippen LogP contribution in [0.15, 0.2) is 12.7 Å². The van der Waals surface area contributed by atoms with Gasteiger partial charge in [-0.2, -0.15) is 0 Å². The predicted molar refractivity (Wildman–Crippen MR) is 42.8 cm³/mol. The predicted octanol–water partition coefficient (Wildman–Crippen LogP) is -0.195. The van der Waals surface area contributed by atoms with Crippen LogP contribution in [0.3, 0.4) is 0 Å². The molecule has 1 saturated carbocycles. The van der Waals surface area contributed by atoms with Crippen LogP contribution in [0.2, 0.25) is 0 Å². The topological polar surface area (TPSA) is 69.7 Å². The SMILES string of the molecule is C=CCOC(=O)[C@]12C[C@@H]1C(=O)OC2=O. The maximum atomic E-state index is 11.4. The molecule has 2 fully saturated rings. The van der Waals surface area contributed by atoms with E-state index < -0.39 is 29.2 Å². The summed E-state index contributed by atoms with van der Waals surface area (Å²) in [6, 6.07) is 0. The Balaban J connectivity index is 2.12. The molecule has 0 aromatic rings. The lowest BCUT2D eigenvalue weighted by molar-refractivity contribution is -0.162. The molecule has 0 N–H and O–H groups in total. The summed E-state index contributed by atoms with van der Waals surface area (Å²) < 4.78 is 9.05. The number of hydrogen-bond acceptors (Lipinski definition) is 5. The molecule has 0 aromatic carbocycles. The molecule has 0 amide bonds. The minimum Gasteiger partial charge on any atom is -0.461 e. The van der Waals surface area contributed by atoms with E-state index >= 15 is 0 Å². The zero-order valence-corrected chi connectivity index (χ0v) is 7.32. The Labute approximate surface area is 79.7 Å². The van der Waals surface area contributed by atoms with E-state index in [1.165, 1.54) is 6.08 Å². The zero-order valence-electron chi connectivity index (χ0n) is 7.32. The highest BCUT2D eigenvalue weighted by molar-refractivity contribution is 6.16. The van der Waals surface area contributed by atoms with E-state index in [9.17, 15) is 14.4 Å². The maximum Gasteiger partial charge on any atom is 0.332 e. The van der Waals surface area contributed by atoms with Crippen molar-refractivity contribution in [2.24, 2.45) is 11.3 Å². The third-order valence-corrected chi connectivity index (χ3v) is 2.50. The summed E-state index contributed by atoms with van der Waals surface area (Å²) in [5.41, 5.74) is -1.32. The van der Waals surface area contributed by atoms with Gasteiger partial charge < -0.3 is 9.47 Å². The van der Waals surface area contributed by atoms with E-state index in [4.69, 9.17) is 4.74 Å². The molecule has 1 aliphatic heterocycles. The van der Waals surface area contributed by atoms with Gasteiger partial charge in [-0.05, 0) is 6.42 Å². The van der Waals surface area contributed by atoms with Crippen LogP contribution in [-0.4, -0.2) is 24.5 Å². The second-order valence-corrected chi connectivity index (χ2v) is 3.32. The van der Waals surface area contributed by atoms with E-state index in [0.29, 0.717) is 0 Å². The first-order chi connectivity index (χ1) is 6.63. The van der Waals surface area contributed by atoms with Gasteiger partial charge in [0.1, 0.15) is 6.61 Å². The van der Waals surface area contributed by atoms with Gasteiger partial charge in [0.15, 0.2) is 5.41 Å². The summed E-state index contributed by atoms with van der Waals surface area (Å²) in [6.45, 7) is 3.41. The second kappa shape index (κ2) is 2.67. The highest BCUT2D eigenvalue weighted by atomic mass is 16.6. The van der Waals surface area contributed by atoms with Gasteiger partial charge in [0.2, 0.25) is 0 Å². The summed E-state index contributed by atoms with van der Waals surface area (Å²) in [5.74, 6) is -2.70. The van der Waals surface area contributed by atoms with Crippen molar-refractivity contribution in [2.75, 3.05) is 6.61 Å². The van der Waals surface area contributed by atoms with Crippen molar-refractivity contribution in [3.8, 4) is 0 Å². The highest BCUT2D eigenvalue weighted by Gasteiger charge is 2.77. The van der Waals surface area contributed by atoms with Crippen molar-refractivity contribution in [1.29, 1.82) is 0 Å². The van der Waals surface area contributed by atoms with Crippen molar-refractivity contribution in [3.05, 3.63) is 12.7 Å². The molecule has 0 aromatic heterocycles. The number of hydrogen-bond donors (Lipinski definition) is 0. The molecule has 0 spiro atoms. The van der Waals surface area contributed by atoms with E-state index in [1.807, 2.05) is 0 Å². The summed E-state index contributed by atoms with van der Waals surface area (Å²) in [7, 11) is 0. The molecule has 5 heteroatoms. The lowest BCUT2D eigenvalue weighted by Gasteiger charge is -2.06. The molecular formula is C9H8O5. The van der Waals surface area contributed by atoms with Crippen molar-refractivity contribution in [2.45, 2.75) is 6.42 Å². The summed E-state index contributed by atoms with van der Waals surface area (Å²) >= 11 is 0. The van der Waals surface area contributed by atoms with Gasteiger partial charge in [-0.25, -0.2) is 0 Å². The first-order valence-corrected chi connectivity index (χ1v) is 4.17. The third kappa shape index (κ3) is 0.921. The van der Waals surface area contributed by atoms with Crippen LogP contribution < -0.4 is 0 Å². The fourth-order valence-corrected chi connectivity index (χ4v) is 1.60. The summed E-state index contributed by atoms with van der Waals surface area (Å²) in [6.07, 6.45) is 1.62. The number of carbonyl (C=O) groups is 3. The van der Waals surface area contributed by atoms with Gasteiger partial charge in [0.25, 0.3) is 0 Å². The smallest absolute Gasteiger partial charge is 0.332 e. The van der Waals surface area contributed by atoms with Gasteiger partial charge in [-0.15, -0.1) is 0 Å². The average molecular weight is 196 g/mol. The lowest BCUT2D eigenvalue weighted by atomic mass is 10.1. The molecule has 14 heavy (non-hydrogen) atoms. The van der Waals surface area contributed by atoms with Crippen molar-refractivity contribution in [3.63, 3.8) is 0 Å². The van der Waals surface area contributed by atoms with Crippen LogP contribution in [0.25, 0.3) is 0 Å². The van der Waals surface area contributed by atoms with E-state index in [-0.39, 0.29) is 13.0 Å². The Morgan fingerprint density at radius 1 is 1.71 bits per heavy atom. The number of cyclic esters (lactones) is 2. The van der Waals surface area contributed by atoms with Crippen LogP contribution in [-0.2, 0) is 23.9 Å².